The molecule has 0 aromatic rings. The largest absolute Gasteiger partial charge is 3.00 e. The zero-order chi connectivity index (χ0) is 11.4. The zero-order valence-electron chi connectivity index (χ0n) is 11.2. The second kappa shape index (κ2) is 7.37. The molecule has 0 amide bonds. The van der Waals surface area contributed by atoms with Gasteiger partial charge in [-0.05, 0) is 45.8 Å². The summed E-state index contributed by atoms with van der Waals surface area (Å²) >= 11 is 0. The smallest absolute Gasteiger partial charge is 0.484 e. The molecule has 0 radical (unpaired) electrons. The third kappa shape index (κ3) is 5.77. The molecule has 2 N–H and O–H groups in total. The van der Waals surface area contributed by atoms with Crippen LogP contribution in [-0.4, -0.2) is 23.0 Å². The molecule has 0 aliphatic carbocycles. The van der Waals surface area contributed by atoms with Gasteiger partial charge in [-0.2, -0.15) is 19.8 Å². The molecule has 1 aliphatic rings. The van der Waals surface area contributed by atoms with Crippen LogP contribution in [0.3, 0.4) is 0 Å². The van der Waals surface area contributed by atoms with E-state index in [1.807, 2.05) is 0 Å². The van der Waals surface area contributed by atoms with Gasteiger partial charge in [-0.15, -0.1) is 0 Å². The molecule has 0 atom stereocenters. The maximum absolute atomic E-state index is 4.72. The quantitative estimate of drug-likeness (QED) is 0.694. The fourth-order valence-electron chi connectivity index (χ4n) is 1.87. The average molecular weight is 287 g/mol. The molecule has 1 heterocycles. The van der Waals surface area contributed by atoms with E-state index in [0.717, 1.165) is 0 Å². The molecule has 1 aliphatic heterocycles. The van der Waals surface area contributed by atoms with Crippen molar-refractivity contribution < 1.29 is 32.7 Å². The van der Waals surface area contributed by atoms with Gasteiger partial charge >= 0.3 is 32.7 Å². The summed E-state index contributed by atoms with van der Waals surface area (Å²) in [6.45, 7) is 12.5. The van der Waals surface area contributed by atoms with E-state index in [1.165, 1.54) is 19.4 Å². The molecule has 1 saturated heterocycles. The Morgan fingerprint density at radius 2 is 1.40 bits per heavy atom. The first-order valence-electron chi connectivity index (χ1n) is 5.33. The topological polar surface area (TPSA) is 29.3 Å². The van der Waals surface area contributed by atoms with E-state index in [0.29, 0.717) is 11.1 Å². The van der Waals surface area contributed by atoms with E-state index >= 15 is 0 Å². The predicted molar refractivity (Wildman–Crippen MR) is 63.6 cm³/mol. The molecule has 86 valence electrons. The monoisotopic (exact) mass is 287 g/mol. The number of hydrogen-bond acceptors (Lipinski definition) is 2. The standard InChI is InChI=1S/C10H20N.C2H6N.Y/c1-9(2)7-6-8-10(3,4)11(9)5;1-2-3;/h6H,7-8H2,1-5H3;2H,3H2,1H3;/q2*-1;+3. The number of rotatable bonds is 0. The summed E-state index contributed by atoms with van der Waals surface area (Å²) < 4.78 is 0. The van der Waals surface area contributed by atoms with Gasteiger partial charge in [-0.1, -0.05) is 0 Å². The van der Waals surface area contributed by atoms with E-state index in [1.54, 1.807) is 6.92 Å². The van der Waals surface area contributed by atoms with Gasteiger partial charge in [0.1, 0.15) is 0 Å². The molecular weight excluding hydrogens is 261 g/mol. The first kappa shape index (κ1) is 18.4. The molecule has 1 fully saturated rings. The average Bonchev–Trinajstić information content (AvgIpc) is 2.01. The molecule has 3 heteroatoms. The van der Waals surface area contributed by atoms with E-state index in [-0.39, 0.29) is 32.7 Å². The summed E-state index contributed by atoms with van der Waals surface area (Å²) in [6.07, 6.45) is 4.85. The second-order valence-corrected chi connectivity index (χ2v) is 5.21. The third-order valence-corrected chi connectivity index (χ3v) is 3.10. The van der Waals surface area contributed by atoms with E-state index < -0.39 is 0 Å². The Morgan fingerprint density at radius 3 is 1.60 bits per heavy atom. The first-order chi connectivity index (χ1) is 6.28. The summed E-state index contributed by atoms with van der Waals surface area (Å²) in [5, 5.41) is 0. The summed E-state index contributed by atoms with van der Waals surface area (Å²) in [5.41, 5.74) is 5.42. The minimum absolute atomic E-state index is 0. The van der Waals surface area contributed by atoms with Crippen molar-refractivity contribution in [2.45, 2.75) is 58.5 Å². The minimum Gasteiger partial charge on any atom is -0.484 e. The molecule has 0 bridgehead atoms. The maximum atomic E-state index is 4.72. The number of likely N-dealkylation sites (tertiary alicyclic amines) is 1. The van der Waals surface area contributed by atoms with Crippen molar-refractivity contribution in [3.63, 3.8) is 0 Å². The summed E-state index contributed by atoms with van der Waals surface area (Å²) in [5.74, 6) is 0. The predicted octanol–water partition coefficient (Wildman–Crippen LogP) is 2.60. The number of piperidine rings is 1. The van der Waals surface area contributed by atoms with Crippen molar-refractivity contribution in [2.75, 3.05) is 7.05 Å². The Kier molecular flexibility index (Phi) is 9.03. The third-order valence-electron chi connectivity index (χ3n) is 3.10. The van der Waals surface area contributed by atoms with Crippen molar-refractivity contribution in [3.8, 4) is 0 Å². The maximum Gasteiger partial charge on any atom is 3.00 e. The first-order valence-corrected chi connectivity index (χ1v) is 5.33. The molecule has 0 unspecified atom stereocenters. The normalized spacial score (nSPS) is 23.4. The number of nitrogens with two attached hydrogens (primary N) is 1. The van der Waals surface area contributed by atoms with Crippen LogP contribution in [0.5, 0.6) is 0 Å². The van der Waals surface area contributed by atoms with Crippen LogP contribution in [0.1, 0.15) is 47.5 Å². The molecule has 15 heavy (non-hydrogen) atoms. The Labute approximate surface area is 121 Å². The summed E-state index contributed by atoms with van der Waals surface area (Å²) in [4.78, 5) is 2.49. The molecule has 0 aromatic carbocycles. The van der Waals surface area contributed by atoms with Gasteiger partial charge in [0.05, 0.1) is 0 Å². The van der Waals surface area contributed by atoms with Gasteiger partial charge in [-0.25, -0.2) is 0 Å². The van der Waals surface area contributed by atoms with Crippen LogP contribution in [0.4, 0.5) is 0 Å². The molecule has 0 spiro atoms. The Bertz CT molecular complexity index is 151. The minimum atomic E-state index is 0. The van der Waals surface area contributed by atoms with Crippen molar-refractivity contribution in [3.05, 3.63) is 13.0 Å². The summed E-state index contributed by atoms with van der Waals surface area (Å²) in [7, 11) is 2.23. The molecule has 2 nitrogen and oxygen atoms in total. The second-order valence-electron chi connectivity index (χ2n) is 5.21. The van der Waals surface area contributed by atoms with Crippen LogP contribution >= 0.6 is 0 Å². The van der Waals surface area contributed by atoms with Crippen molar-refractivity contribution >= 4 is 0 Å². The number of nitrogens with zero attached hydrogens (tertiary/aromatic N) is 1. The fourth-order valence-corrected chi connectivity index (χ4v) is 1.87. The molecule has 0 aromatic heterocycles. The van der Waals surface area contributed by atoms with E-state index in [4.69, 9.17) is 5.73 Å². The van der Waals surface area contributed by atoms with E-state index in [2.05, 4.69) is 46.1 Å². The van der Waals surface area contributed by atoms with Crippen LogP contribution in [0.2, 0.25) is 0 Å². The summed E-state index contributed by atoms with van der Waals surface area (Å²) in [6, 6.07) is 0. The van der Waals surface area contributed by atoms with Crippen molar-refractivity contribution in [1.82, 2.24) is 4.90 Å². The Balaban J connectivity index is 0. The number of hydrogen-bond donors (Lipinski definition) is 1. The molecular formula is C12H26N2Y+. The van der Waals surface area contributed by atoms with Crippen molar-refractivity contribution in [1.29, 1.82) is 0 Å². The van der Waals surface area contributed by atoms with Gasteiger partial charge in [-0.3, -0.25) is 6.54 Å². The van der Waals surface area contributed by atoms with Crippen LogP contribution < -0.4 is 5.73 Å². The molecule has 0 saturated carbocycles. The van der Waals surface area contributed by atoms with Gasteiger partial charge in [0.15, 0.2) is 0 Å². The van der Waals surface area contributed by atoms with Crippen molar-refractivity contribution in [2.24, 2.45) is 5.73 Å². The molecule has 1 rings (SSSR count). The van der Waals surface area contributed by atoms with Gasteiger partial charge in [0.25, 0.3) is 0 Å². The van der Waals surface area contributed by atoms with Crippen LogP contribution in [0.25, 0.3) is 0 Å². The Hall–Kier alpha value is 1.02. The zero-order valence-corrected chi connectivity index (χ0v) is 14.0. The van der Waals surface area contributed by atoms with Crippen LogP contribution in [0, 0.1) is 13.0 Å². The van der Waals surface area contributed by atoms with Crippen LogP contribution in [0.15, 0.2) is 0 Å². The van der Waals surface area contributed by atoms with Gasteiger partial charge in [0, 0.05) is 0 Å². The van der Waals surface area contributed by atoms with Gasteiger partial charge < -0.3 is 17.1 Å². The van der Waals surface area contributed by atoms with Gasteiger partial charge in [0.2, 0.25) is 0 Å². The fraction of sp³-hybridized carbons (Fsp3) is 0.833. The van der Waals surface area contributed by atoms with E-state index in [9.17, 15) is 0 Å². The Morgan fingerprint density at radius 1 is 1.13 bits per heavy atom. The SMILES string of the molecule is CN1C(C)(C)C[CH-]CC1(C)C.C[CH-]N.[Y+3]. The van der Waals surface area contributed by atoms with Crippen LogP contribution in [-0.2, 0) is 32.7 Å².